The summed E-state index contributed by atoms with van der Waals surface area (Å²) in [5.41, 5.74) is 1.02. The minimum atomic E-state index is -0.396. The predicted molar refractivity (Wildman–Crippen MR) is 100.0 cm³/mol. The number of carbonyl (C=O) groups excluding carboxylic acids is 2. The van der Waals surface area contributed by atoms with Crippen molar-refractivity contribution in [3.8, 4) is 11.5 Å². The molecule has 1 fully saturated rings. The minimum Gasteiger partial charge on any atom is -0.493 e. The number of carbonyl (C=O) groups is 2. The van der Waals surface area contributed by atoms with E-state index >= 15 is 0 Å². The number of likely N-dealkylation sites (N-methyl/N-ethyl adjacent to an activating group) is 1. The molecule has 0 unspecified atom stereocenters. The molecule has 0 aliphatic carbocycles. The van der Waals surface area contributed by atoms with Gasteiger partial charge in [-0.1, -0.05) is 6.92 Å². The van der Waals surface area contributed by atoms with Gasteiger partial charge >= 0.3 is 6.03 Å². The van der Waals surface area contributed by atoms with Crippen LogP contribution in [-0.4, -0.2) is 36.6 Å². The van der Waals surface area contributed by atoms with E-state index in [-0.39, 0.29) is 17.7 Å². The highest BCUT2D eigenvalue weighted by Gasteiger charge is 2.32. The molecule has 24 heavy (non-hydrogen) atoms. The van der Waals surface area contributed by atoms with E-state index in [4.69, 9.17) is 9.47 Å². The maximum absolute atomic E-state index is 12.2. The van der Waals surface area contributed by atoms with E-state index in [1.807, 2.05) is 13.0 Å². The van der Waals surface area contributed by atoms with Crippen LogP contribution >= 0.6 is 22.6 Å². The van der Waals surface area contributed by atoms with Crippen LogP contribution in [0.1, 0.15) is 32.8 Å². The van der Waals surface area contributed by atoms with Gasteiger partial charge in [0.25, 0.3) is 5.91 Å². The summed E-state index contributed by atoms with van der Waals surface area (Å²) < 4.78 is 12.2. The first-order valence-corrected chi connectivity index (χ1v) is 8.87. The fourth-order valence-electron chi connectivity index (χ4n) is 2.25. The number of ether oxygens (including phenoxy) is 2. The molecule has 0 radical (unpaired) electrons. The Morgan fingerprint density at radius 1 is 1.33 bits per heavy atom. The molecule has 1 aliphatic heterocycles. The Bertz CT molecular complexity index is 687. The summed E-state index contributed by atoms with van der Waals surface area (Å²) in [4.78, 5) is 25.0. The largest absolute Gasteiger partial charge is 0.493 e. The van der Waals surface area contributed by atoms with Gasteiger partial charge in [0, 0.05) is 6.54 Å². The van der Waals surface area contributed by atoms with E-state index in [9.17, 15) is 9.59 Å². The van der Waals surface area contributed by atoms with Crippen molar-refractivity contribution in [1.82, 2.24) is 10.2 Å². The quantitative estimate of drug-likeness (QED) is 0.415. The number of methoxy groups -OCH3 is 1. The van der Waals surface area contributed by atoms with E-state index < -0.39 is 6.03 Å². The van der Waals surface area contributed by atoms with Crippen LogP contribution in [0.2, 0.25) is 0 Å². The second-order valence-corrected chi connectivity index (χ2v) is 6.57. The van der Waals surface area contributed by atoms with E-state index in [1.165, 1.54) is 0 Å². The van der Waals surface area contributed by atoms with Crippen molar-refractivity contribution in [2.45, 2.75) is 33.3 Å². The van der Waals surface area contributed by atoms with Crippen molar-refractivity contribution >= 4 is 40.6 Å². The summed E-state index contributed by atoms with van der Waals surface area (Å²) in [6, 6.07) is 3.29. The van der Waals surface area contributed by atoms with Gasteiger partial charge in [-0.25, -0.2) is 4.79 Å². The molecule has 6 nitrogen and oxygen atoms in total. The van der Waals surface area contributed by atoms with Crippen molar-refractivity contribution in [1.29, 1.82) is 0 Å². The molecule has 0 saturated carbocycles. The number of imide groups is 1. The lowest BCUT2D eigenvalue weighted by molar-refractivity contribution is -0.122. The number of hydrogen-bond acceptors (Lipinski definition) is 4. The molecule has 130 valence electrons. The maximum Gasteiger partial charge on any atom is 0.328 e. The van der Waals surface area contributed by atoms with Gasteiger partial charge in [0.2, 0.25) is 0 Å². The van der Waals surface area contributed by atoms with Crippen LogP contribution < -0.4 is 14.8 Å². The van der Waals surface area contributed by atoms with Crippen LogP contribution in [0.3, 0.4) is 0 Å². The maximum atomic E-state index is 12.2. The highest BCUT2D eigenvalue weighted by atomic mass is 127. The molecule has 0 spiro atoms. The molecule has 7 heteroatoms. The molecule has 1 atom stereocenters. The Kier molecular flexibility index (Phi) is 6.09. The van der Waals surface area contributed by atoms with Crippen molar-refractivity contribution in [2.24, 2.45) is 0 Å². The highest BCUT2D eigenvalue weighted by molar-refractivity contribution is 14.1. The molecule has 1 heterocycles. The zero-order chi connectivity index (χ0) is 17.9. The average molecular weight is 444 g/mol. The normalized spacial score (nSPS) is 17.2. The van der Waals surface area contributed by atoms with Gasteiger partial charge < -0.3 is 14.8 Å². The number of benzene rings is 1. The lowest BCUT2D eigenvalue weighted by Crippen LogP contribution is -2.30. The number of amides is 3. The monoisotopic (exact) mass is 444 g/mol. The first kappa shape index (κ1) is 18.6. The number of nitrogens with one attached hydrogen (secondary N) is 1. The average Bonchev–Trinajstić information content (AvgIpc) is 2.82. The van der Waals surface area contributed by atoms with Crippen LogP contribution in [0.4, 0.5) is 4.79 Å². The minimum absolute atomic E-state index is 0.0745. The second kappa shape index (κ2) is 7.87. The van der Waals surface area contributed by atoms with Gasteiger partial charge in [0.15, 0.2) is 11.5 Å². The van der Waals surface area contributed by atoms with Crippen molar-refractivity contribution in [3.63, 3.8) is 0 Å². The molecule has 2 rings (SSSR count). The smallest absolute Gasteiger partial charge is 0.328 e. The second-order valence-electron chi connectivity index (χ2n) is 5.41. The topological polar surface area (TPSA) is 67.9 Å². The SMILES string of the molecule is CC[C@H](C)Oc1c(I)cc(/C=C2/NC(=O)N(CC)C2=O)cc1OC. The van der Waals surface area contributed by atoms with Crippen molar-refractivity contribution in [3.05, 3.63) is 27.0 Å². The third kappa shape index (κ3) is 3.82. The molecule has 1 aromatic carbocycles. The summed E-state index contributed by atoms with van der Waals surface area (Å²) in [6.07, 6.45) is 2.61. The van der Waals surface area contributed by atoms with Gasteiger partial charge in [0.1, 0.15) is 5.70 Å². The molecule has 1 aliphatic rings. The molecular formula is C17H21IN2O4. The fraction of sp³-hybridized carbons (Fsp3) is 0.412. The summed E-state index contributed by atoms with van der Waals surface area (Å²) in [6.45, 7) is 6.14. The summed E-state index contributed by atoms with van der Waals surface area (Å²) in [5.74, 6) is 0.959. The van der Waals surface area contributed by atoms with Crippen molar-refractivity contribution in [2.75, 3.05) is 13.7 Å². The Hall–Kier alpha value is -1.77. The first-order valence-electron chi connectivity index (χ1n) is 7.79. The Morgan fingerprint density at radius 2 is 2.04 bits per heavy atom. The van der Waals surface area contributed by atoms with Crippen molar-refractivity contribution < 1.29 is 19.1 Å². The standard InChI is InChI=1S/C17H21IN2O4/c1-5-10(3)24-15-12(18)7-11(9-14(15)23-4)8-13-16(21)20(6-2)17(22)19-13/h7-10H,5-6H2,1-4H3,(H,19,22)/b13-8+/t10-/m0/s1. The summed E-state index contributed by atoms with van der Waals surface area (Å²) in [7, 11) is 1.58. The van der Waals surface area contributed by atoms with Crippen LogP contribution in [-0.2, 0) is 4.79 Å². The lowest BCUT2D eigenvalue weighted by Gasteiger charge is -2.17. The summed E-state index contributed by atoms with van der Waals surface area (Å²) >= 11 is 2.18. The fourth-order valence-corrected chi connectivity index (χ4v) is 3.00. The van der Waals surface area contributed by atoms with E-state index in [2.05, 4.69) is 34.8 Å². The molecule has 1 saturated heterocycles. The predicted octanol–water partition coefficient (Wildman–Crippen LogP) is 3.39. The van der Waals surface area contributed by atoms with Crippen LogP contribution in [0, 0.1) is 3.57 Å². The van der Waals surface area contributed by atoms with Gasteiger partial charge in [0.05, 0.1) is 16.8 Å². The number of urea groups is 1. The van der Waals surface area contributed by atoms with E-state index in [0.29, 0.717) is 18.0 Å². The number of nitrogens with zero attached hydrogens (tertiary/aromatic N) is 1. The third-order valence-corrected chi connectivity index (χ3v) is 4.54. The van der Waals surface area contributed by atoms with Crippen LogP contribution in [0.25, 0.3) is 6.08 Å². The molecular weight excluding hydrogens is 423 g/mol. The molecule has 3 amide bonds. The first-order chi connectivity index (χ1) is 11.4. The molecule has 1 aromatic rings. The van der Waals surface area contributed by atoms with Crippen LogP contribution in [0.5, 0.6) is 11.5 Å². The van der Waals surface area contributed by atoms with Gasteiger partial charge in [-0.2, -0.15) is 0 Å². The zero-order valence-electron chi connectivity index (χ0n) is 14.2. The Balaban J connectivity index is 2.36. The van der Waals surface area contributed by atoms with Crippen LogP contribution in [0.15, 0.2) is 17.8 Å². The lowest BCUT2D eigenvalue weighted by atomic mass is 10.1. The highest BCUT2D eigenvalue weighted by Crippen LogP contribution is 2.35. The molecule has 0 aromatic heterocycles. The molecule has 1 N–H and O–H groups in total. The van der Waals surface area contributed by atoms with Gasteiger partial charge in [-0.15, -0.1) is 0 Å². The van der Waals surface area contributed by atoms with E-state index in [1.54, 1.807) is 26.2 Å². The number of halogens is 1. The zero-order valence-corrected chi connectivity index (χ0v) is 16.3. The summed E-state index contributed by atoms with van der Waals surface area (Å²) in [5, 5.41) is 2.59. The Morgan fingerprint density at radius 3 is 2.58 bits per heavy atom. The van der Waals surface area contributed by atoms with Gasteiger partial charge in [-0.3, -0.25) is 9.69 Å². The molecule has 0 bridgehead atoms. The van der Waals surface area contributed by atoms with E-state index in [0.717, 1.165) is 20.5 Å². The number of hydrogen-bond donors (Lipinski definition) is 1. The number of rotatable bonds is 6. The Labute approximate surface area is 155 Å². The third-order valence-electron chi connectivity index (χ3n) is 3.74. The van der Waals surface area contributed by atoms with Gasteiger partial charge in [-0.05, 0) is 66.6 Å².